The number of likely N-dealkylation sites (tertiary alicyclic amines) is 1. The molecule has 3 aromatic carbocycles. The first-order chi connectivity index (χ1) is 20.5. The lowest BCUT2D eigenvalue weighted by Gasteiger charge is -2.30. The van der Waals surface area contributed by atoms with Gasteiger partial charge in [0.1, 0.15) is 12.6 Å². The van der Waals surface area contributed by atoms with Gasteiger partial charge >= 0.3 is 12.1 Å². The lowest BCUT2D eigenvalue weighted by molar-refractivity contribution is -0.138. The molecule has 2 aliphatic heterocycles. The van der Waals surface area contributed by atoms with Crippen LogP contribution in [-0.2, 0) is 20.9 Å². The van der Waals surface area contributed by atoms with Gasteiger partial charge in [0.05, 0.1) is 0 Å². The van der Waals surface area contributed by atoms with Crippen LogP contribution in [0.5, 0.6) is 0 Å². The average Bonchev–Trinajstić information content (AvgIpc) is 3.46. The highest BCUT2D eigenvalue weighted by Crippen LogP contribution is 2.44. The maximum Gasteiger partial charge on any atom is 0.407 e. The maximum absolute atomic E-state index is 13.8. The highest BCUT2D eigenvalue weighted by atomic mass is 16.5. The molecule has 1 aliphatic carbocycles. The smallest absolute Gasteiger partial charge is 0.407 e. The van der Waals surface area contributed by atoms with Crippen molar-refractivity contribution in [3.63, 3.8) is 0 Å². The zero-order valence-electron chi connectivity index (χ0n) is 23.7. The molecule has 2 bridgehead atoms. The van der Waals surface area contributed by atoms with E-state index in [9.17, 15) is 19.5 Å². The van der Waals surface area contributed by atoms with E-state index in [1.807, 2.05) is 47.4 Å². The number of hydrogen-bond donors (Lipinski definition) is 2. The number of carbonyl (C=O) groups is 3. The Kier molecular flexibility index (Phi) is 8.24. The summed E-state index contributed by atoms with van der Waals surface area (Å²) < 4.78 is 5.70. The Balaban J connectivity index is 1.11. The summed E-state index contributed by atoms with van der Waals surface area (Å²) in [7, 11) is 0. The van der Waals surface area contributed by atoms with Crippen molar-refractivity contribution in [1.29, 1.82) is 0 Å². The number of alkyl carbamates (subject to hydrolysis) is 1. The third-order valence-corrected chi connectivity index (χ3v) is 9.03. The second-order valence-corrected chi connectivity index (χ2v) is 11.6. The molecule has 6 rings (SSSR count). The molecule has 0 radical (unpaired) electrons. The summed E-state index contributed by atoms with van der Waals surface area (Å²) in [4.78, 5) is 42.6. The molecule has 3 unspecified atom stereocenters. The van der Waals surface area contributed by atoms with E-state index in [0.717, 1.165) is 48.1 Å². The van der Waals surface area contributed by atoms with E-state index in [1.165, 1.54) is 5.56 Å². The van der Waals surface area contributed by atoms with Crippen molar-refractivity contribution in [3.8, 4) is 11.1 Å². The number of carbonyl (C=O) groups excluding carboxylic acids is 2. The molecule has 0 spiro atoms. The summed E-state index contributed by atoms with van der Waals surface area (Å²) in [5.41, 5.74) is 5.72. The third kappa shape index (κ3) is 5.90. The molecule has 42 heavy (non-hydrogen) atoms. The van der Waals surface area contributed by atoms with Gasteiger partial charge in [-0.2, -0.15) is 0 Å². The van der Waals surface area contributed by atoms with Crippen LogP contribution in [-0.4, -0.2) is 70.7 Å². The molecule has 3 aliphatic rings. The van der Waals surface area contributed by atoms with Crippen molar-refractivity contribution < 1.29 is 24.2 Å². The van der Waals surface area contributed by atoms with Gasteiger partial charge in [-0.15, -0.1) is 0 Å². The minimum absolute atomic E-state index is 0.0106. The van der Waals surface area contributed by atoms with E-state index in [-0.39, 0.29) is 37.3 Å². The number of fused-ring (bicyclic) bond motifs is 5. The lowest BCUT2D eigenvalue weighted by atomic mass is 9.98. The Labute approximate surface area is 246 Å². The molecule has 8 nitrogen and oxygen atoms in total. The number of nitrogens with zero attached hydrogens (tertiary/aromatic N) is 2. The van der Waals surface area contributed by atoms with Gasteiger partial charge in [0.15, 0.2) is 0 Å². The van der Waals surface area contributed by atoms with Crippen LogP contribution < -0.4 is 5.32 Å². The van der Waals surface area contributed by atoms with Crippen LogP contribution in [0.2, 0.25) is 0 Å². The predicted octanol–water partition coefficient (Wildman–Crippen LogP) is 5.02. The zero-order chi connectivity index (χ0) is 29.1. The summed E-state index contributed by atoms with van der Waals surface area (Å²) in [6.07, 6.45) is 2.06. The molecule has 2 amide bonds. The van der Waals surface area contributed by atoms with E-state index in [2.05, 4.69) is 46.6 Å². The van der Waals surface area contributed by atoms with Crippen LogP contribution in [0.3, 0.4) is 0 Å². The Bertz CT molecular complexity index is 1400. The van der Waals surface area contributed by atoms with Gasteiger partial charge in [0, 0.05) is 44.1 Å². The van der Waals surface area contributed by atoms with Gasteiger partial charge in [-0.05, 0) is 53.5 Å². The monoisotopic (exact) mass is 567 g/mol. The van der Waals surface area contributed by atoms with Crippen LogP contribution in [0.25, 0.3) is 11.1 Å². The SMILES string of the molecule is O=C(O)CCC(NC(=O)OCC1c2ccccc2-c2ccccc21)C(=O)N1CCC2CCC(C1)N2Cc1ccccc1. The number of aliphatic carboxylic acids is 1. The summed E-state index contributed by atoms with van der Waals surface area (Å²) in [5.74, 6) is -1.35. The summed E-state index contributed by atoms with van der Waals surface area (Å²) in [5, 5.41) is 12.1. The van der Waals surface area contributed by atoms with Crippen molar-refractivity contribution >= 4 is 18.0 Å². The number of carboxylic acid groups (broad SMARTS) is 1. The van der Waals surface area contributed by atoms with Crippen LogP contribution in [0.4, 0.5) is 4.79 Å². The predicted molar refractivity (Wildman–Crippen MR) is 159 cm³/mol. The van der Waals surface area contributed by atoms with Gasteiger partial charge in [0.25, 0.3) is 0 Å². The van der Waals surface area contributed by atoms with Crippen LogP contribution in [0.1, 0.15) is 54.7 Å². The minimum Gasteiger partial charge on any atom is -0.481 e. The fourth-order valence-corrected chi connectivity index (χ4v) is 6.95. The molecule has 3 aromatic rings. The molecule has 2 N–H and O–H groups in total. The van der Waals surface area contributed by atoms with Gasteiger partial charge in [0.2, 0.25) is 5.91 Å². The molecule has 2 heterocycles. The summed E-state index contributed by atoms with van der Waals surface area (Å²) in [6, 6.07) is 26.3. The van der Waals surface area contributed by atoms with Gasteiger partial charge in [-0.25, -0.2) is 4.79 Å². The van der Waals surface area contributed by atoms with Crippen molar-refractivity contribution in [2.24, 2.45) is 0 Å². The second kappa shape index (κ2) is 12.4. The summed E-state index contributed by atoms with van der Waals surface area (Å²) in [6.45, 7) is 2.12. The second-order valence-electron chi connectivity index (χ2n) is 11.6. The lowest BCUT2D eigenvalue weighted by Crippen LogP contribution is -2.51. The fraction of sp³-hybridized carbons (Fsp3) is 0.382. The van der Waals surface area contributed by atoms with E-state index >= 15 is 0 Å². The normalized spacial score (nSPS) is 20.3. The average molecular weight is 568 g/mol. The van der Waals surface area contributed by atoms with E-state index in [1.54, 1.807) is 0 Å². The molecule has 3 atom stereocenters. The van der Waals surface area contributed by atoms with E-state index < -0.39 is 18.1 Å². The Morgan fingerprint density at radius 3 is 2.19 bits per heavy atom. The van der Waals surface area contributed by atoms with Crippen LogP contribution in [0.15, 0.2) is 78.9 Å². The van der Waals surface area contributed by atoms with Gasteiger partial charge in [-0.1, -0.05) is 78.9 Å². The molecule has 8 heteroatoms. The van der Waals surface area contributed by atoms with Crippen molar-refractivity contribution in [3.05, 3.63) is 95.6 Å². The number of nitrogens with one attached hydrogen (secondary N) is 1. The van der Waals surface area contributed by atoms with Crippen molar-refractivity contribution in [1.82, 2.24) is 15.1 Å². The quantitative estimate of drug-likeness (QED) is 0.377. The Hall–Kier alpha value is -4.17. The van der Waals surface area contributed by atoms with Crippen molar-refractivity contribution in [2.75, 3.05) is 19.7 Å². The zero-order valence-corrected chi connectivity index (χ0v) is 23.7. The first kappa shape index (κ1) is 28.0. The fourth-order valence-electron chi connectivity index (χ4n) is 6.95. The van der Waals surface area contributed by atoms with Crippen LogP contribution in [0, 0.1) is 0 Å². The van der Waals surface area contributed by atoms with Crippen molar-refractivity contribution in [2.45, 2.75) is 62.7 Å². The van der Waals surface area contributed by atoms with E-state index in [4.69, 9.17) is 4.74 Å². The third-order valence-electron chi connectivity index (χ3n) is 9.03. The topological polar surface area (TPSA) is 99.2 Å². The van der Waals surface area contributed by atoms with Gasteiger partial charge in [-0.3, -0.25) is 14.5 Å². The standard InChI is InChI=1S/C34H37N3O5/c38-32(39)17-16-31(33(40)36-19-18-24-14-15-25(21-36)37(24)20-23-8-2-1-3-9-23)35-34(41)42-22-30-28-12-6-4-10-26(28)27-11-5-7-13-29(27)30/h1-13,24-25,30-31H,14-22H2,(H,35,41)(H,38,39). The molecule has 0 saturated carbocycles. The number of amides is 2. The minimum atomic E-state index is -1.01. The molecule has 218 valence electrons. The number of carboxylic acids is 1. The maximum atomic E-state index is 13.8. The Morgan fingerprint density at radius 2 is 1.50 bits per heavy atom. The number of hydrogen-bond acceptors (Lipinski definition) is 5. The molecular weight excluding hydrogens is 530 g/mol. The number of rotatable bonds is 9. The number of benzene rings is 3. The first-order valence-corrected chi connectivity index (χ1v) is 14.9. The summed E-state index contributed by atoms with van der Waals surface area (Å²) >= 11 is 0. The van der Waals surface area contributed by atoms with Crippen LogP contribution >= 0.6 is 0 Å². The van der Waals surface area contributed by atoms with Gasteiger partial charge < -0.3 is 20.1 Å². The number of ether oxygens (including phenoxy) is 1. The molecule has 2 saturated heterocycles. The Morgan fingerprint density at radius 1 is 0.857 bits per heavy atom. The van der Waals surface area contributed by atoms with E-state index in [0.29, 0.717) is 19.1 Å². The largest absolute Gasteiger partial charge is 0.481 e. The molecule has 0 aromatic heterocycles. The highest BCUT2D eigenvalue weighted by molar-refractivity contribution is 5.86. The molecule has 2 fully saturated rings. The first-order valence-electron chi connectivity index (χ1n) is 14.9. The molecular formula is C34H37N3O5. The highest BCUT2D eigenvalue weighted by Gasteiger charge is 2.40.